The molecule has 0 radical (unpaired) electrons. The fourth-order valence-electron chi connectivity index (χ4n) is 2.29. The number of hydrogen-bond acceptors (Lipinski definition) is 2. The summed E-state index contributed by atoms with van der Waals surface area (Å²) in [7, 11) is 0. The molecule has 0 bridgehead atoms. The topological polar surface area (TPSA) is 58.2 Å². The molecule has 21 heavy (non-hydrogen) atoms. The summed E-state index contributed by atoms with van der Waals surface area (Å²) in [4.78, 5) is 24.0. The minimum atomic E-state index is -0.181. The number of carbonyl (C=O) groups is 2. The van der Waals surface area contributed by atoms with Gasteiger partial charge in [0.15, 0.2) is 0 Å². The zero-order valence-corrected chi connectivity index (χ0v) is 13.0. The Morgan fingerprint density at radius 1 is 1.14 bits per heavy atom. The molecule has 4 heteroatoms. The smallest absolute Gasteiger partial charge is 0.228 e. The molecule has 1 aliphatic rings. The molecule has 1 fully saturated rings. The number of amides is 2. The first-order chi connectivity index (χ1) is 10.0. The van der Waals surface area contributed by atoms with Gasteiger partial charge in [0.25, 0.3) is 0 Å². The molecule has 2 rings (SSSR count). The summed E-state index contributed by atoms with van der Waals surface area (Å²) in [6.07, 6.45) is 2.54. The van der Waals surface area contributed by atoms with Crippen LogP contribution in [0.25, 0.3) is 0 Å². The fraction of sp³-hybridized carbons (Fsp3) is 0.529. The van der Waals surface area contributed by atoms with Crippen molar-refractivity contribution in [3.05, 3.63) is 29.8 Å². The average Bonchev–Trinajstić information content (AvgIpc) is 3.28. The van der Waals surface area contributed by atoms with Crippen LogP contribution in [-0.4, -0.2) is 17.9 Å². The molecular formula is C17H24N2O2. The summed E-state index contributed by atoms with van der Waals surface area (Å²) in [5, 5.41) is 5.82. The van der Waals surface area contributed by atoms with Gasteiger partial charge in [0.1, 0.15) is 0 Å². The number of nitrogens with one attached hydrogen (secondary N) is 2. The molecular weight excluding hydrogens is 264 g/mol. The predicted octanol–water partition coefficient (Wildman–Crippen LogP) is 2.74. The molecule has 1 aliphatic carbocycles. The number of aryl methyl sites for hydroxylation is 1. The van der Waals surface area contributed by atoms with Crippen molar-refractivity contribution in [2.45, 2.75) is 46.1 Å². The number of anilines is 1. The Labute approximate surface area is 126 Å². The lowest BCUT2D eigenvalue weighted by molar-refractivity contribution is -0.125. The Kier molecular flexibility index (Phi) is 4.99. The highest BCUT2D eigenvalue weighted by Crippen LogP contribution is 2.39. The molecule has 0 saturated heterocycles. The molecule has 3 atom stereocenters. The first kappa shape index (κ1) is 15.5. The Bertz CT molecular complexity index is 510. The van der Waals surface area contributed by atoms with E-state index in [0.717, 1.165) is 18.5 Å². The SMILES string of the molecule is CCc1ccc(NC(=O)C2CC2C(=O)NC(C)CC)cc1. The van der Waals surface area contributed by atoms with Gasteiger partial charge in [0.2, 0.25) is 11.8 Å². The van der Waals surface area contributed by atoms with E-state index >= 15 is 0 Å². The number of hydrogen-bond donors (Lipinski definition) is 2. The predicted molar refractivity (Wildman–Crippen MR) is 83.9 cm³/mol. The Hall–Kier alpha value is -1.84. The van der Waals surface area contributed by atoms with Crippen LogP contribution in [0.2, 0.25) is 0 Å². The molecule has 0 aromatic heterocycles. The quantitative estimate of drug-likeness (QED) is 0.845. The van der Waals surface area contributed by atoms with E-state index in [9.17, 15) is 9.59 Å². The summed E-state index contributed by atoms with van der Waals surface area (Å²) >= 11 is 0. The van der Waals surface area contributed by atoms with E-state index < -0.39 is 0 Å². The van der Waals surface area contributed by atoms with Gasteiger partial charge in [-0.15, -0.1) is 0 Å². The zero-order chi connectivity index (χ0) is 15.4. The lowest BCUT2D eigenvalue weighted by atomic mass is 10.1. The summed E-state index contributed by atoms with van der Waals surface area (Å²) in [6, 6.07) is 8.01. The first-order valence-electron chi connectivity index (χ1n) is 7.75. The third-order valence-electron chi connectivity index (χ3n) is 4.09. The molecule has 0 spiro atoms. The van der Waals surface area contributed by atoms with Gasteiger partial charge in [0.05, 0.1) is 11.8 Å². The van der Waals surface area contributed by atoms with E-state index in [4.69, 9.17) is 0 Å². The largest absolute Gasteiger partial charge is 0.353 e. The third kappa shape index (κ3) is 4.06. The highest BCUT2D eigenvalue weighted by molar-refractivity contribution is 5.99. The maximum absolute atomic E-state index is 12.1. The number of benzene rings is 1. The highest BCUT2D eigenvalue weighted by atomic mass is 16.2. The summed E-state index contributed by atoms with van der Waals surface area (Å²) in [5.74, 6) is -0.386. The molecule has 2 N–H and O–H groups in total. The van der Waals surface area contributed by atoms with E-state index in [1.54, 1.807) is 0 Å². The van der Waals surface area contributed by atoms with E-state index in [1.807, 2.05) is 38.1 Å². The Morgan fingerprint density at radius 2 is 1.76 bits per heavy atom. The minimum absolute atomic E-state index is 0.00540. The molecule has 1 aromatic rings. The van der Waals surface area contributed by atoms with Crippen LogP contribution < -0.4 is 10.6 Å². The fourth-order valence-corrected chi connectivity index (χ4v) is 2.29. The van der Waals surface area contributed by atoms with Crippen LogP contribution in [0.1, 0.15) is 39.2 Å². The summed E-state index contributed by atoms with van der Waals surface area (Å²) in [5.41, 5.74) is 2.04. The van der Waals surface area contributed by atoms with Crippen molar-refractivity contribution in [2.75, 3.05) is 5.32 Å². The van der Waals surface area contributed by atoms with E-state index in [0.29, 0.717) is 6.42 Å². The molecule has 0 heterocycles. The maximum Gasteiger partial charge on any atom is 0.228 e. The standard InChI is InChI=1S/C17H24N2O2/c1-4-11(3)18-16(20)14-10-15(14)17(21)19-13-8-6-12(5-2)7-9-13/h6-9,11,14-15H,4-5,10H2,1-3H3,(H,18,20)(H,19,21). The second kappa shape index (κ2) is 6.74. The number of carbonyl (C=O) groups excluding carboxylic acids is 2. The molecule has 1 aromatic carbocycles. The van der Waals surface area contributed by atoms with Crippen molar-refractivity contribution in [1.82, 2.24) is 5.32 Å². The molecule has 3 unspecified atom stereocenters. The average molecular weight is 288 g/mol. The lowest BCUT2D eigenvalue weighted by Gasteiger charge is -2.11. The summed E-state index contributed by atoms with van der Waals surface area (Å²) in [6.45, 7) is 6.10. The van der Waals surface area contributed by atoms with Gasteiger partial charge in [-0.25, -0.2) is 0 Å². The molecule has 2 amide bonds. The van der Waals surface area contributed by atoms with Crippen molar-refractivity contribution in [1.29, 1.82) is 0 Å². The van der Waals surface area contributed by atoms with Crippen LogP contribution in [0.5, 0.6) is 0 Å². The van der Waals surface area contributed by atoms with Gasteiger partial charge in [-0.05, 0) is 43.9 Å². The van der Waals surface area contributed by atoms with Crippen LogP contribution in [0, 0.1) is 11.8 Å². The normalized spacial score (nSPS) is 21.5. The van der Waals surface area contributed by atoms with E-state index in [1.165, 1.54) is 5.56 Å². The van der Waals surface area contributed by atoms with Crippen molar-refractivity contribution < 1.29 is 9.59 Å². The van der Waals surface area contributed by atoms with Crippen LogP contribution in [0.3, 0.4) is 0 Å². The van der Waals surface area contributed by atoms with Gasteiger partial charge in [-0.3, -0.25) is 9.59 Å². The number of rotatable bonds is 6. The van der Waals surface area contributed by atoms with Crippen LogP contribution >= 0.6 is 0 Å². The third-order valence-corrected chi connectivity index (χ3v) is 4.09. The van der Waals surface area contributed by atoms with E-state index in [-0.39, 0.29) is 29.7 Å². The van der Waals surface area contributed by atoms with Gasteiger partial charge in [0, 0.05) is 11.7 Å². The second-order valence-corrected chi connectivity index (χ2v) is 5.81. The van der Waals surface area contributed by atoms with Gasteiger partial charge in [-0.1, -0.05) is 26.0 Å². The minimum Gasteiger partial charge on any atom is -0.353 e. The molecule has 114 valence electrons. The monoisotopic (exact) mass is 288 g/mol. The second-order valence-electron chi connectivity index (χ2n) is 5.81. The maximum atomic E-state index is 12.1. The zero-order valence-electron chi connectivity index (χ0n) is 13.0. The van der Waals surface area contributed by atoms with Crippen molar-refractivity contribution in [2.24, 2.45) is 11.8 Å². The lowest BCUT2D eigenvalue weighted by Crippen LogP contribution is -2.34. The van der Waals surface area contributed by atoms with Gasteiger partial charge < -0.3 is 10.6 Å². The molecule has 4 nitrogen and oxygen atoms in total. The summed E-state index contributed by atoms with van der Waals surface area (Å²) < 4.78 is 0. The van der Waals surface area contributed by atoms with Crippen molar-refractivity contribution in [3.63, 3.8) is 0 Å². The van der Waals surface area contributed by atoms with Crippen molar-refractivity contribution in [3.8, 4) is 0 Å². The van der Waals surface area contributed by atoms with Gasteiger partial charge >= 0.3 is 0 Å². The highest BCUT2D eigenvalue weighted by Gasteiger charge is 2.48. The van der Waals surface area contributed by atoms with Gasteiger partial charge in [-0.2, -0.15) is 0 Å². The van der Waals surface area contributed by atoms with E-state index in [2.05, 4.69) is 17.6 Å². The van der Waals surface area contributed by atoms with Crippen LogP contribution in [0.15, 0.2) is 24.3 Å². The van der Waals surface area contributed by atoms with Crippen LogP contribution in [-0.2, 0) is 16.0 Å². The Balaban J connectivity index is 1.83. The first-order valence-corrected chi connectivity index (χ1v) is 7.75. The molecule has 1 saturated carbocycles. The molecule has 0 aliphatic heterocycles. The Morgan fingerprint density at radius 3 is 2.33 bits per heavy atom. The van der Waals surface area contributed by atoms with Crippen molar-refractivity contribution >= 4 is 17.5 Å². The van der Waals surface area contributed by atoms with Crippen LogP contribution in [0.4, 0.5) is 5.69 Å².